The van der Waals surface area contributed by atoms with Gasteiger partial charge in [0.2, 0.25) is 0 Å². The minimum atomic E-state index is -1.05. The number of carboxylic acids is 2. The molecular weight excluding hydrogens is 855 g/mol. The van der Waals surface area contributed by atoms with Crippen molar-refractivity contribution >= 4 is 17.8 Å². The Morgan fingerprint density at radius 1 is 0.493 bits per heavy atom. The molecule has 1 amide bonds. The molecule has 0 aliphatic carbocycles. The number of aliphatic carboxylic acids is 2. The van der Waals surface area contributed by atoms with Crippen molar-refractivity contribution < 1.29 is 57.8 Å². The molecule has 0 radical (unpaired) electrons. The third-order valence-corrected chi connectivity index (χ3v) is 11.5. The average molecular weight is 936 g/mol. The van der Waals surface area contributed by atoms with E-state index in [1.165, 1.54) is 6.42 Å². The van der Waals surface area contributed by atoms with Crippen molar-refractivity contribution in [3.63, 3.8) is 0 Å². The fourth-order valence-electron chi connectivity index (χ4n) is 7.79. The van der Waals surface area contributed by atoms with Gasteiger partial charge in [0.25, 0.3) is 5.91 Å². The quantitative estimate of drug-likeness (QED) is 0.0409. The number of ether oxygens (including phenoxy) is 7. The summed E-state index contributed by atoms with van der Waals surface area (Å²) in [6.07, 6.45) is 10.2. The van der Waals surface area contributed by atoms with E-state index < -0.39 is 29.7 Å². The second-order valence-electron chi connectivity index (χ2n) is 16.7. The molecule has 0 saturated heterocycles. The van der Waals surface area contributed by atoms with E-state index in [0.29, 0.717) is 91.8 Å². The molecule has 2 unspecified atom stereocenters. The number of carbonyl (C=O) groups excluding carboxylic acids is 1. The summed E-state index contributed by atoms with van der Waals surface area (Å²) in [5, 5.41) is 18.8. The van der Waals surface area contributed by atoms with E-state index in [1.807, 2.05) is 54.6 Å². The summed E-state index contributed by atoms with van der Waals surface area (Å²) in [6, 6.07) is 30.8. The van der Waals surface area contributed by atoms with Gasteiger partial charge in [0.1, 0.15) is 5.60 Å². The van der Waals surface area contributed by atoms with Gasteiger partial charge >= 0.3 is 11.9 Å². The molecular formula is C54H81NO12. The van der Waals surface area contributed by atoms with Crippen molar-refractivity contribution in [3.8, 4) is 0 Å². The molecule has 13 nitrogen and oxygen atoms in total. The Morgan fingerprint density at radius 2 is 0.955 bits per heavy atom. The fourth-order valence-corrected chi connectivity index (χ4v) is 7.79. The molecule has 0 fully saturated rings. The first kappa shape index (κ1) is 57.1. The first-order valence-electron chi connectivity index (χ1n) is 24.9. The van der Waals surface area contributed by atoms with Crippen LogP contribution in [0, 0.1) is 0 Å². The van der Waals surface area contributed by atoms with Crippen LogP contribution < -0.4 is 0 Å². The van der Waals surface area contributed by atoms with Gasteiger partial charge in [-0.3, -0.25) is 9.59 Å². The van der Waals surface area contributed by atoms with Gasteiger partial charge in [-0.25, -0.2) is 4.79 Å². The Hall–Kier alpha value is -4.21. The number of carboxylic acid groups (broad SMARTS) is 2. The highest BCUT2D eigenvalue weighted by atomic mass is 16.6. The van der Waals surface area contributed by atoms with Crippen molar-refractivity contribution in [1.82, 2.24) is 4.90 Å². The number of rotatable bonds is 43. The number of benzene rings is 3. The van der Waals surface area contributed by atoms with Crippen LogP contribution in [0.2, 0.25) is 0 Å². The summed E-state index contributed by atoms with van der Waals surface area (Å²) >= 11 is 0. The maximum absolute atomic E-state index is 14.1. The van der Waals surface area contributed by atoms with Crippen LogP contribution in [0.5, 0.6) is 0 Å². The van der Waals surface area contributed by atoms with Crippen molar-refractivity contribution in [2.24, 2.45) is 0 Å². The number of unbranched alkanes of at least 4 members (excludes halogenated alkanes) is 10. The van der Waals surface area contributed by atoms with Crippen LogP contribution in [-0.4, -0.2) is 131 Å². The lowest BCUT2D eigenvalue weighted by molar-refractivity contribution is -0.161. The van der Waals surface area contributed by atoms with Gasteiger partial charge in [-0.05, 0) is 42.4 Å². The van der Waals surface area contributed by atoms with Crippen LogP contribution in [0.3, 0.4) is 0 Å². The van der Waals surface area contributed by atoms with E-state index in [0.717, 1.165) is 80.9 Å². The van der Waals surface area contributed by atoms with Gasteiger partial charge in [0.05, 0.1) is 66.1 Å². The Balaban J connectivity index is 1.41. The number of amides is 1. The largest absolute Gasteiger partial charge is 0.481 e. The SMILES string of the molecule is CCCCCCCCN(CCOCCOCCOCCOCCOC(c1ccccc1)(c1ccccc1)c1ccccc1)C(=O)C(COC(CCCCC)C(=O)O)OCCCCCCC(=O)O. The van der Waals surface area contributed by atoms with Crippen LogP contribution >= 0.6 is 0 Å². The number of hydrogen-bond acceptors (Lipinski definition) is 10. The van der Waals surface area contributed by atoms with Crippen LogP contribution in [0.1, 0.15) is 127 Å². The molecule has 374 valence electrons. The number of nitrogens with zero attached hydrogens (tertiary/aromatic N) is 1. The molecule has 13 heteroatoms. The summed E-state index contributed by atoms with van der Waals surface area (Å²) in [6.45, 7) is 8.68. The zero-order valence-corrected chi connectivity index (χ0v) is 40.5. The minimum absolute atomic E-state index is 0.123. The average Bonchev–Trinajstić information content (AvgIpc) is 3.34. The summed E-state index contributed by atoms with van der Waals surface area (Å²) < 4.78 is 42.0. The highest BCUT2D eigenvalue weighted by Gasteiger charge is 2.37. The third-order valence-electron chi connectivity index (χ3n) is 11.5. The standard InChI is InChI=1S/C54H81NO12/c1-3-5-7-8-10-23-33-55(52(58)50(65-35-24-11-9-22-32-51(56)57)45-66-49(53(59)60)31-15-6-4-2)34-36-61-37-38-62-39-40-63-41-42-64-43-44-67-54(46-25-16-12-17-26-46,47-27-18-13-19-28-47)48-29-20-14-21-30-48/h12-14,16-21,25-30,49-50H,3-11,15,22-24,31-45H2,1-2H3,(H,56,57)(H,59,60). The van der Waals surface area contributed by atoms with Gasteiger partial charge in [0.15, 0.2) is 12.2 Å². The van der Waals surface area contributed by atoms with E-state index in [2.05, 4.69) is 50.2 Å². The molecule has 0 aromatic heterocycles. The van der Waals surface area contributed by atoms with Crippen LogP contribution in [0.15, 0.2) is 91.0 Å². The zero-order valence-electron chi connectivity index (χ0n) is 40.5. The van der Waals surface area contributed by atoms with Crippen LogP contribution in [0.25, 0.3) is 0 Å². The lowest BCUT2D eigenvalue weighted by Crippen LogP contribution is -2.45. The molecule has 0 bridgehead atoms. The lowest BCUT2D eigenvalue weighted by atomic mass is 9.80. The normalized spacial score (nSPS) is 12.5. The predicted molar refractivity (Wildman–Crippen MR) is 260 cm³/mol. The monoisotopic (exact) mass is 936 g/mol. The number of carbonyl (C=O) groups is 3. The maximum Gasteiger partial charge on any atom is 0.332 e. The molecule has 3 aromatic carbocycles. The molecule has 2 N–H and O–H groups in total. The van der Waals surface area contributed by atoms with Crippen molar-refractivity contribution in [3.05, 3.63) is 108 Å². The molecule has 0 aliphatic heterocycles. The third kappa shape index (κ3) is 23.6. The first-order valence-corrected chi connectivity index (χ1v) is 24.9. The minimum Gasteiger partial charge on any atom is -0.481 e. The van der Waals surface area contributed by atoms with Gasteiger partial charge in [0, 0.05) is 26.1 Å². The second-order valence-corrected chi connectivity index (χ2v) is 16.7. The van der Waals surface area contributed by atoms with Crippen molar-refractivity contribution in [2.75, 3.05) is 85.8 Å². The topological polar surface area (TPSA) is 160 Å². The zero-order chi connectivity index (χ0) is 48.1. The van der Waals surface area contributed by atoms with Gasteiger partial charge < -0.3 is 48.3 Å². The number of hydrogen-bond donors (Lipinski definition) is 2. The maximum atomic E-state index is 14.1. The predicted octanol–water partition coefficient (Wildman–Crippen LogP) is 9.72. The lowest BCUT2D eigenvalue weighted by Gasteiger charge is -2.36. The van der Waals surface area contributed by atoms with Crippen molar-refractivity contribution in [2.45, 2.75) is 128 Å². The summed E-state index contributed by atoms with van der Waals surface area (Å²) in [5.41, 5.74) is 2.33. The summed E-state index contributed by atoms with van der Waals surface area (Å²) in [4.78, 5) is 38.7. The molecule has 0 aliphatic rings. The smallest absolute Gasteiger partial charge is 0.332 e. The van der Waals surface area contributed by atoms with E-state index >= 15 is 0 Å². The molecule has 0 heterocycles. The van der Waals surface area contributed by atoms with Crippen molar-refractivity contribution in [1.29, 1.82) is 0 Å². The fraction of sp³-hybridized carbons (Fsp3) is 0.611. The molecule has 67 heavy (non-hydrogen) atoms. The van der Waals surface area contributed by atoms with Crippen LogP contribution in [-0.2, 0) is 53.1 Å². The van der Waals surface area contributed by atoms with E-state index in [1.54, 1.807) is 4.90 Å². The molecule has 0 saturated carbocycles. The molecule has 3 rings (SSSR count). The molecule has 2 atom stereocenters. The van der Waals surface area contributed by atoms with E-state index in [4.69, 9.17) is 38.3 Å². The first-order chi connectivity index (χ1) is 32.8. The second kappa shape index (κ2) is 36.8. The highest BCUT2D eigenvalue weighted by molar-refractivity contribution is 5.81. The van der Waals surface area contributed by atoms with E-state index in [9.17, 15) is 19.5 Å². The van der Waals surface area contributed by atoms with Crippen LogP contribution in [0.4, 0.5) is 0 Å². The Labute approximate surface area is 400 Å². The van der Waals surface area contributed by atoms with E-state index in [-0.39, 0.29) is 25.5 Å². The highest BCUT2D eigenvalue weighted by Crippen LogP contribution is 2.40. The molecule has 0 spiro atoms. The van der Waals surface area contributed by atoms with Gasteiger partial charge in [-0.15, -0.1) is 0 Å². The summed E-state index contributed by atoms with van der Waals surface area (Å²) in [7, 11) is 0. The van der Waals surface area contributed by atoms with Gasteiger partial charge in [-0.1, -0.05) is 169 Å². The Bertz CT molecular complexity index is 1580. The molecule has 3 aromatic rings. The summed E-state index contributed by atoms with van der Waals surface area (Å²) in [5.74, 6) is -2.11. The van der Waals surface area contributed by atoms with Gasteiger partial charge in [-0.2, -0.15) is 0 Å². The Kier molecular flexibility index (Phi) is 31.4. The Morgan fingerprint density at radius 3 is 1.48 bits per heavy atom.